The molecule has 0 unspecified atom stereocenters. The van der Waals surface area contributed by atoms with Crippen LogP contribution < -0.4 is 10.6 Å². The highest BCUT2D eigenvalue weighted by molar-refractivity contribution is 6.05. The van der Waals surface area contributed by atoms with Crippen LogP contribution in [-0.2, 0) is 9.47 Å². The number of pyridine rings is 1. The average molecular weight is 371 g/mol. The molecule has 1 heterocycles. The monoisotopic (exact) mass is 371 g/mol. The lowest BCUT2D eigenvalue weighted by Crippen LogP contribution is -2.25. The molecular weight excluding hydrogens is 350 g/mol. The predicted octanol–water partition coefficient (Wildman–Crippen LogP) is 1.89. The molecule has 142 valence electrons. The third kappa shape index (κ3) is 5.89. The highest BCUT2D eigenvalue weighted by Crippen LogP contribution is 2.12. The lowest BCUT2D eigenvalue weighted by atomic mass is 10.2. The number of rotatable bonds is 8. The van der Waals surface area contributed by atoms with Crippen molar-refractivity contribution >= 4 is 23.5 Å². The van der Waals surface area contributed by atoms with Gasteiger partial charge in [0.1, 0.15) is 5.69 Å². The zero-order chi connectivity index (χ0) is 19.6. The van der Waals surface area contributed by atoms with Crippen molar-refractivity contribution in [3.05, 3.63) is 59.4 Å². The van der Waals surface area contributed by atoms with Gasteiger partial charge in [-0.2, -0.15) is 0 Å². The number of nitrogens with zero attached hydrogens (tertiary/aromatic N) is 1. The molecule has 1 aromatic carbocycles. The third-order valence-electron chi connectivity index (χ3n) is 3.63. The van der Waals surface area contributed by atoms with E-state index in [9.17, 15) is 14.4 Å². The molecule has 0 atom stereocenters. The summed E-state index contributed by atoms with van der Waals surface area (Å²) in [4.78, 5) is 39.9. The van der Waals surface area contributed by atoms with Crippen LogP contribution in [0.4, 0.5) is 5.69 Å². The molecule has 2 N–H and O–H groups in total. The van der Waals surface area contributed by atoms with Gasteiger partial charge in [-0.1, -0.05) is 0 Å². The number of amides is 2. The zero-order valence-electron chi connectivity index (χ0n) is 15.2. The summed E-state index contributed by atoms with van der Waals surface area (Å²) >= 11 is 0. The summed E-state index contributed by atoms with van der Waals surface area (Å²) in [5, 5.41) is 5.42. The number of methoxy groups -OCH3 is 2. The van der Waals surface area contributed by atoms with Gasteiger partial charge in [0.15, 0.2) is 0 Å². The normalized spacial score (nSPS) is 10.1. The first-order valence-corrected chi connectivity index (χ1v) is 8.28. The molecule has 0 spiro atoms. The van der Waals surface area contributed by atoms with Crippen molar-refractivity contribution in [2.24, 2.45) is 0 Å². The van der Waals surface area contributed by atoms with Crippen LogP contribution in [-0.4, -0.2) is 50.1 Å². The number of benzene rings is 1. The summed E-state index contributed by atoms with van der Waals surface area (Å²) in [5.74, 6) is -1.21. The maximum atomic E-state index is 12.3. The Hall–Kier alpha value is -3.26. The Balaban J connectivity index is 2.00. The molecule has 0 bridgehead atoms. The molecule has 0 radical (unpaired) electrons. The number of carbonyl (C=O) groups excluding carboxylic acids is 3. The minimum atomic E-state index is -0.463. The molecule has 0 saturated heterocycles. The summed E-state index contributed by atoms with van der Waals surface area (Å²) in [6, 6.07) is 9.20. The number of carbonyl (C=O) groups is 3. The van der Waals surface area contributed by atoms with Crippen LogP contribution in [0.5, 0.6) is 0 Å². The first kappa shape index (κ1) is 20.1. The average Bonchev–Trinajstić information content (AvgIpc) is 2.71. The van der Waals surface area contributed by atoms with Crippen LogP contribution >= 0.6 is 0 Å². The van der Waals surface area contributed by atoms with Gasteiger partial charge >= 0.3 is 5.97 Å². The van der Waals surface area contributed by atoms with E-state index in [1.54, 1.807) is 31.4 Å². The molecule has 2 rings (SSSR count). The smallest absolute Gasteiger partial charge is 0.337 e. The van der Waals surface area contributed by atoms with Gasteiger partial charge in [-0.05, 0) is 42.8 Å². The van der Waals surface area contributed by atoms with Gasteiger partial charge in [-0.15, -0.1) is 0 Å². The summed E-state index contributed by atoms with van der Waals surface area (Å²) in [6.07, 6.45) is 2.10. The van der Waals surface area contributed by atoms with E-state index < -0.39 is 11.9 Å². The second kappa shape index (κ2) is 10.0. The number of aromatic nitrogens is 1. The first-order valence-electron chi connectivity index (χ1n) is 8.28. The van der Waals surface area contributed by atoms with Crippen molar-refractivity contribution in [2.75, 3.05) is 32.7 Å². The summed E-state index contributed by atoms with van der Waals surface area (Å²) in [7, 11) is 2.89. The molecule has 27 heavy (non-hydrogen) atoms. The van der Waals surface area contributed by atoms with E-state index in [0.29, 0.717) is 36.4 Å². The maximum Gasteiger partial charge on any atom is 0.337 e. The number of anilines is 1. The van der Waals surface area contributed by atoms with E-state index in [1.807, 2.05) is 0 Å². The number of ether oxygens (including phenoxy) is 2. The molecule has 0 saturated carbocycles. The van der Waals surface area contributed by atoms with Crippen LogP contribution in [0.3, 0.4) is 0 Å². The van der Waals surface area contributed by atoms with Gasteiger partial charge in [0.05, 0.1) is 12.7 Å². The number of hydrogen-bond acceptors (Lipinski definition) is 6. The highest BCUT2D eigenvalue weighted by atomic mass is 16.5. The Morgan fingerprint density at radius 3 is 2.41 bits per heavy atom. The molecule has 8 nitrogen and oxygen atoms in total. The summed E-state index contributed by atoms with van der Waals surface area (Å²) in [5.41, 5.74) is 1.31. The topological polar surface area (TPSA) is 107 Å². The number of esters is 1. The van der Waals surface area contributed by atoms with Crippen molar-refractivity contribution in [3.63, 3.8) is 0 Å². The molecule has 0 aliphatic heterocycles. The van der Waals surface area contributed by atoms with Crippen LogP contribution in [0.1, 0.15) is 37.6 Å². The fraction of sp³-hybridized carbons (Fsp3) is 0.263. The van der Waals surface area contributed by atoms with Gasteiger partial charge in [-0.25, -0.2) is 4.79 Å². The predicted molar refractivity (Wildman–Crippen MR) is 98.8 cm³/mol. The number of hydrogen-bond donors (Lipinski definition) is 2. The van der Waals surface area contributed by atoms with Gasteiger partial charge in [0.2, 0.25) is 0 Å². The molecule has 1 aromatic heterocycles. The van der Waals surface area contributed by atoms with Crippen LogP contribution in [0.25, 0.3) is 0 Å². The second-order valence-electron chi connectivity index (χ2n) is 5.56. The fourth-order valence-electron chi connectivity index (χ4n) is 2.22. The van der Waals surface area contributed by atoms with Gasteiger partial charge < -0.3 is 20.1 Å². The quantitative estimate of drug-likeness (QED) is 0.542. The third-order valence-corrected chi connectivity index (χ3v) is 3.63. The van der Waals surface area contributed by atoms with Gasteiger partial charge in [-0.3, -0.25) is 14.6 Å². The molecule has 8 heteroatoms. The Labute approximate surface area is 156 Å². The number of nitrogens with one attached hydrogen (secondary N) is 2. The Bertz CT molecular complexity index is 805. The lowest BCUT2D eigenvalue weighted by molar-refractivity contribution is 0.0600. The van der Waals surface area contributed by atoms with E-state index in [1.165, 1.54) is 25.4 Å². The highest BCUT2D eigenvalue weighted by Gasteiger charge is 2.12. The summed E-state index contributed by atoms with van der Waals surface area (Å²) in [6.45, 7) is 1.03. The molecule has 2 aromatic rings. The molecule has 2 amide bonds. The van der Waals surface area contributed by atoms with Crippen molar-refractivity contribution < 1.29 is 23.9 Å². The fourth-order valence-corrected chi connectivity index (χ4v) is 2.22. The zero-order valence-corrected chi connectivity index (χ0v) is 15.2. The largest absolute Gasteiger partial charge is 0.465 e. The SMILES string of the molecule is COCCCNC(=O)c1ccnc(C(=O)Nc2ccc(C(=O)OC)cc2)c1. The van der Waals surface area contributed by atoms with Crippen LogP contribution in [0.15, 0.2) is 42.6 Å². The second-order valence-corrected chi connectivity index (χ2v) is 5.56. The molecule has 0 aliphatic carbocycles. The van der Waals surface area contributed by atoms with Crippen molar-refractivity contribution in [1.29, 1.82) is 0 Å². The Kier molecular flexibility index (Phi) is 7.45. The Morgan fingerprint density at radius 1 is 1.00 bits per heavy atom. The van der Waals surface area contributed by atoms with Crippen molar-refractivity contribution in [2.45, 2.75) is 6.42 Å². The van der Waals surface area contributed by atoms with Crippen LogP contribution in [0.2, 0.25) is 0 Å². The van der Waals surface area contributed by atoms with Crippen LogP contribution in [0, 0.1) is 0 Å². The van der Waals surface area contributed by atoms with Crippen molar-refractivity contribution in [1.82, 2.24) is 10.3 Å². The van der Waals surface area contributed by atoms with E-state index in [0.717, 1.165) is 0 Å². The van der Waals surface area contributed by atoms with E-state index in [-0.39, 0.29) is 11.6 Å². The van der Waals surface area contributed by atoms with Crippen molar-refractivity contribution in [3.8, 4) is 0 Å². The maximum absolute atomic E-state index is 12.3. The lowest BCUT2D eigenvalue weighted by Gasteiger charge is -2.08. The first-order chi connectivity index (χ1) is 13.0. The Morgan fingerprint density at radius 2 is 1.74 bits per heavy atom. The molecule has 0 fully saturated rings. The minimum Gasteiger partial charge on any atom is -0.465 e. The van der Waals surface area contributed by atoms with Gasteiger partial charge in [0, 0.05) is 37.7 Å². The van der Waals surface area contributed by atoms with E-state index in [4.69, 9.17) is 4.74 Å². The van der Waals surface area contributed by atoms with E-state index in [2.05, 4.69) is 20.4 Å². The molecule has 0 aliphatic rings. The van der Waals surface area contributed by atoms with Gasteiger partial charge in [0.25, 0.3) is 11.8 Å². The standard InChI is InChI=1S/C19H21N3O5/c1-26-11-3-9-21-17(23)14-8-10-20-16(12-14)18(24)22-15-6-4-13(5-7-15)19(25)27-2/h4-8,10,12H,3,9,11H2,1-2H3,(H,21,23)(H,22,24). The van der Waals surface area contributed by atoms with E-state index >= 15 is 0 Å². The minimum absolute atomic E-state index is 0.108. The summed E-state index contributed by atoms with van der Waals surface area (Å²) < 4.78 is 9.55. The molecular formula is C19H21N3O5.